The Morgan fingerprint density at radius 2 is 1.95 bits per heavy atom. The van der Waals surface area contributed by atoms with Crippen molar-refractivity contribution in [2.45, 2.75) is 13.5 Å². The van der Waals surface area contributed by atoms with Crippen molar-refractivity contribution in [1.82, 2.24) is 9.78 Å². The minimum Gasteiger partial charge on any atom is -0.383 e. The smallest absolute Gasteiger partial charge is 0.268 e. The molecule has 1 aromatic carbocycles. The fourth-order valence-corrected chi connectivity index (χ4v) is 1.81. The first-order valence-electron chi connectivity index (χ1n) is 6.61. The molecule has 0 aliphatic carbocycles. The van der Waals surface area contributed by atoms with Crippen LogP contribution in [0.5, 0.6) is 0 Å². The molecule has 0 aliphatic heterocycles. The van der Waals surface area contributed by atoms with E-state index in [1.54, 1.807) is 12.3 Å². The molecular formula is C15H20N4O. The monoisotopic (exact) mass is 272 g/mol. The molecular weight excluding hydrogens is 252 g/mol. The number of hydrogen-bond donors (Lipinski definition) is 1. The topological polar surface area (TPSA) is 50.2 Å². The summed E-state index contributed by atoms with van der Waals surface area (Å²) in [5.41, 5.74) is 3.01. The molecule has 5 nitrogen and oxygen atoms in total. The number of nitrogens with one attached hydrogen (secondary N) is 1. The van der Waals surface area contributed by atoms with Gasteiger partial charge in [0, 0.05) is 32.4 Å². The molecule has 0 amide bonds. The molecule has 2 aromatic rings. The van der Waals surface area contributed by atoms with Gasteiger partial charge in [-0.05, 0) is 19.1 Å². The van der Waals surface area contributed by atoms with E-state index < -0.39 is 0 Å². The largest absolute Gasteiger partial charge is 0.383 e. The average molecular weight is 272 g/mol. The number of aryl methyl sites for hydroxylation is 1. The van der Waals surface area contributed by atoms with Crippen LogP contribution in [-0.4, -0.2) is 30.4 Å². The molecule has 1 heterocycles. The number of nitrogens with zero attached hydrogens (tertiary/aromatic N) is 3. The Bertz CT molecular complexity index is 617. The Morgan fingerprint density at radius 1 is 1.25 bits per heavy atom. The quantitative estimate of drug-likeness (QED) is 0.900. The molecule has 0 radical (unpaired) electrons. The van der Waals surface area contributed by atoms with Crippen LogP contribution >= 0.6 is 0 Å². The predicted molar refractivity (Wildman–Crippen MR) is 82.5 cm³/mol. The van der Waals surface area contributed by atoms with E-state index in [1.165, 1.54) is 10.2 Å². The van der Waals surface area contributed by atoms with Gasteiger partial charge in [-0.1, -0.05) is 17.7 Å². The standard InChI is InChI=1S/C15H20N4O/c1-12-4-6-13(7-5-12)16-8-9-19-15(20)10-14(11-17-19)18(2)3/h4-7,10-11,16H,8-9H2,1-3H3. The van der Waals surface area contributed by atoms with Crippen LogP contribution in [0.2, 0.25) is 0 Å². The van der Waals surface area contributed by atoms with Crippen LogP contribution in [0.15, 0.2) is 41.3 Å². The molecule has 1 N–H and O–H groups in total. The molecule has 0 saturated carbocycles. The molecule has 0 unspecified atom stereocenters. The zero-order valence-corrected chi connectivity index (χ0v) is 12.1. The molecule has 0 bridgehead atoms. The van der Waals surface area contributed by atoms with Crippen molar-refractivity contribution < 1.29 is 0 Å². The van der Waals surface area contributed by atoms with Crippen LogP contribution < -0.4 is 15.8 Å². The predicted octanol–water partition coefficient (Wildman–Crippen LogP) is 1.73. The summed E-state index contributed by atoms with van der Waals surface area (Å²) in [5.74, 6) is 0. The summed E-state index contributed by atoms with van der Waals surface area (Å²) >= 11 is 0. The Morgan fingerprint density at radius 3 is 2.55 bits per heavy atom. The Balaban J connectivity index is 1.94. The van der Waals surface area contributed by atoms with Crippen molar-refractivity contribution in [3.05, 3.63) is 52.4 Å². The third-order valence-electron chi connectivity index (χ3n) is 3.08. The van der Waals surface area contributed by atoms with Gasteiger partial charge in [0.05, 0.1) is 18.4 Å². The maximum atomic E-state index is 11.9. The molecule has 1 aromatic heterocycles. The summed E-state index contributed by atoms with van der Waals surface area (Å²) in [6, 6.07) is 9.76. The highest BCUT2D eigenvalue weighted by molar-refractivity contribution is 5.44. The molecule has 0 aliphatic rings. The molecule has 2 rings (SSSR count). The summed E-state index contributed by atoms with van der Waals surface area (Å²) in [6.07, 6.45) is 1.70. The Hall–Kier alpha value is -2.30. The minimum atomic E-state index is -0.0816. The van der Waals surface area contributed by atoms with Gasteiger partial charge in [-0.15, -0.1) is 0 Å². The van der Waals surface area contributed by atoms with E-state index in [4.69, 9.17) is 0 Å². The molecule has 0 saturated heterocycles. The Kier molecular flexibility index (Phi) is 4.40. The summed E-state index contributed by atoms with van der Waals surface area (Å²) in [7, 11) is 3.78. The first-order valence-corrected chi connectivity index (χ1v) is 6.61. The molecule has 0 atom stereocenters. The van der Waals surface area contributed by atoms with Gasteiger partial charge in [-0.25, -0.2) is 4.68 Å². The number of aromatic nitrogens is 2. The second-order valence-corrected chi connectivity index (χ2v) is 4.96. The van der Waals surface area contributed by atoms with Crippen molar-refractivity contribution in [2.24, 2.45) is 0 Å². The van der Waals surface area contributed by atoms with Crippen LogP contribution in [-0.2, 0) is 6.54 Å². The second-order valence-electron chi connectivity index (χ2n) is 4.96. The normalized spacial score (nSPS) is 10.3. The van der Waals surface area contributed by atoms with Crippen LogP contribution in [0.25, 0.3) is 0 Å². The van der Waals surface area contributed by atoms with E-state index in [2.05, 4.69) is 29.5 Å². The van der Waals surface area contributed by atoms with Crippen LogP contribution in [0.1, 0.15) is 5.56 Å². The molecule has 106 valence electrons. The number of anilines is 2. The second kappa shape index (κ2) is 6.23. The van der Waals surface area contributed by atoms with Crippen LogP contribution in [0.4, 0.5) is 11.4 Å². The molecule has 0 fully saturated rings. The van der Waals surface area contributed by atoms with E-state index in [0.717, 1.165) is 11.4 Å². The number of rotatable bonds is 5. The molecule has 5 heteroatoms. The van der Waals surface area contributed by atoms with E-state index in [-0.39, 0.29) is 5.56 Å². The van der Waals surface area contributed by atoms with E-state index in [1.807, 2.05) is 31.1 Å². The van der Waals surface area contributed by atoms with E-state index in [0.29, 0.717) is 13.1 Å². The maximum Gasteiger partial charge on any atom is 0.268 e. The third-order valence-corrected chi connectivity index (χ3v) is 3.08. The number of hydrogen-bond acceptors (Lipinski definition) is 4. The number of benzene rings is 1. The van der Waals surface area contributed by atoms with Crippen LogP contribution in [0.3, 0.4) is 0 Å². The van der Waals surface area contributed by atoms with Gasteiger partial charge in [0.1, 0.15) is 0 Å². The van der Waals surface area contributed by atoms with Crippen LogP contribution in [0, 0.1) is 6.92 Å². The lowest BCUT2D eigenvalue weighted by Crippen LogP contribution is -2.26. The highest BCUT2D eigenvalue weighted by Gasteiger charge is 2.01. The van der Waals surface area contributed by atoms with Gasteiger partial charge in [-0.2, -0.15) is 5.10 Å². The van der Waals surface area contributed by atoms with Crippen molar-refractivity contribution in [3.63, 3.8) is 0 Å². The SMILES string of the molecule is Cc1ccc(NCCn2ncc(N(C)C)cc2=O)cc1. The van der Waals surface area contributed by atoms with Crippen molar-refractivity contribution >= 4 is 11.4 Å². The van der Waals surface area contributed by atoms with Gasteiger partial charge < -0.3 is 10.2 Å². The summed E-state index contributed by atoms with van der Waals surface area (Å²) in [6.45, 7) is 3.26. The summed E-state index contributed by atoms with van der Waals surface area (Å²) in [5, 5.41) is 7.44. The highest BCUT2D eigenvalue weighted by atomic mass is 16.1. The van der Waals surface area contributed by atoms with Crippen molar-refractivity contribution in [2.75, 3.05) is 30.9 Å². The summed E-state index contributed by atoms with van der Waals surface area (Å²) < 4.78 is 1.47. The van der Waals surface area contributed by atoms with Gasteiger partial charge in [0.15, 0.2) is 0 Å². The first-order chi connectivity index (χ1) is 9.56. The highest BCUT2D eigenvalue weighted by Crippen LogP contribution is 2.08. The third kappa shape index (κ3) is 3.60. The Labute approximate surface area is 118 Å². The van der Waals surface area contributed by atoms with E-state index >= 15 is 0 Å². The minimum absolute atomic E-state index is 0.0816. The lowest BCUT2D eigenvalue weighted by atomic mass is 10.2. The van der Waals surface area contributed by atoms with Gasteiger partial charge in [0.25, 0.3) is 5.56 Å². The molecule has 20 heavy (non-hydrogen) atoms. The van der Waals surface area contributed by atoms with Gasteiger partial charge in [-0.3, -0.25) is 4.79 Å². The van der Waals surface area contributed by atoms with E-state index in [9.17, 15) is 4.79 Å². The lowest BCUT2D eigenvalue weighted by Gasteiger charge is -2.12. The molecule has 0 spiro atoms. The maximum absolute atomic E-state index is 11.9. The zero-order valence-electron chi connectivity index (χ0n) is 12.1. The first kappa shape index (κ1) is 14.1. The fourth-order valence-electron chi connectivity index (χ4n) is 1.81. The fraction of sp³-hybridized carbons (Fsp3) is 0.333. The summed E-state index contributed by atoms with van der Waals surface area (Å²) in [4.78, 5) is 13.7. The average Bonchev–Trinajstić information content (AvgIpc) is 2.42. The van der Waals surface area contributed by atoms with Crippen molar-refractivity contribution in [1.29, 1.82) is 0 Å². The van der Waals surface area contributed by atoms with Gasteiger partial charge in [0.2, 0.25) is 0 Å². The zero-order chi connectivity index (χ0) is 14.5. The lowest BCUT2D eigenvalue weighted by molar-refractivity contribution is 0.597. The van der Waals surface area contributed by atoms with Crippen molar-refractivity contribution in [3.8, 4) is 0 Å². The van der Waals surface area contributed by atoms with Gasteiger partial charge >= 0.3 is 0 Å².